The third kappa shape index (κ3) is 7.96. The molecule has 0 saturated heterocycles. The molecule has 2 aliphatic heterocycles. The van der Waals surface area contributed by atoms with Crippen LogP contribution >= 0.6 is 11.3 Å². The van der Waals surface area contributed by atoms with Gasteiger partial charge in [0.25, 0.3) is 0 Å². The van der Waals surface area contributed by atoms with Gasteiger partial charge in [0.2, 0.25) is 11.4 Å². The Kier molecular flexibility index (Phi) is 11.0. The van der Waals surface area contributed by atoms with Gasteiger partial charge in [0, 0.05) is 56.1 Å². The monoisotopic (exact) mass is 870 g/mol. The van der Waals surface area contributed by atoms with Gasteiger partial charge in [0.15, 0.2) is 45.7 Å². The Morgan fingerprint density at radius 1 is 0.610 bits per heavy atom. The number of halogens is 6. The van der Waals surface area contributed by atoms with Crippen LogP contribution in [0.25, 0.3) is 65.6 Å². The Morgan fingerprint density at radius 3 is 1.75 bits per heavy atom. The van der Waals surface area contributed by atoms with Crippen LogP contribution in [0.3, 0.4) is 0 Å². The molecule has 8 nitrogen and oxygen atoms in total. The quantitative estimate of drug-likeness (QED) is 0.0740. The smallest absolute Gasteiger partial charge is 0.485 e. The lowest BCUT2D eigenvalue weighted by atomic mass is 9.79. The zero-order chi connectivity index (χ0) is 42.7. The predicted molar refractivity (Wildman–Crippen MR) is 212 cm³/mol. The van der Waals surface area contributed by atoms with Gasteiger partial charge >= 0.3 is 11.0 Å². The lowest BCUT2D eigenvalue weighted by Crippen LogP contribution is -2.43. The van der Waals surface area contributed by atoms with Crippen molar-refractivity contribution in [3.63, 3.8) is 0 Å². The molecule has 0 aliphatic carbocycles. The van der Waals surface area contributed by atoms with Crippen molar-refractivity contribution in [1.29, 1.82) is 0 Å². The number of alkyl halides is 6. The largest absolute Gasteiger partial charge is 0.741 e. The van der Waals surface area contributed by atoms with Gasteiger partial charge in [-0.1, -0.05) is 60.7 Å². The van der Waals surface area contributed by atoms with Crippen molar-refractivity contribution in [2.24, 2.45) is 0 Å². The van der Waals surface area contributed by atoms with E-state index in [1.165, 1.54) is 86.8 Å². The number of aryl methyl sites for hydroxylation is 2. The third-order valence-electron chi connectivity index (χ3n) is 10.5. The van der Waals surface area contributed by atoms with Gasteiger partial charge < -0.3 is 9.11 Å². The minimum Gasteiger partial charge on any atom is -0.741 e. The fourth-order valence-corrected chi connectivity index (χ4v) is 8.92. The summed E-state index contributed by atoms with van der Waals surface area (Å²) in [6, 6.07) is 31.2. The van der Waals surface area contributed by atoms with E-state index in [1.807, 2.05) is 11.3 Å². The standard InChI is InChI=1S/C40H32N2S.2CHF3O3S/c1-25-26(2)30-20-23-42-24-28(18-17-27-10-9-14-34-32-12-5-6-16-36(32)43-40(27)34)31-11-3-4-13-33(31)39(42)38(30)37-29(25)19-22-41-21-8-7-15-35(37)41;2*2-1(3,4)8(5,6)7/h3-18,21,24H,19-20,22-23H2,1-2H3;2*(H,5,6,7)/q+2;;/p-2/b18-17+;;. The summed E-state index contributed by atoms with van der Waals surface area (Å²) < 4.78 is 126. The van der Waals surface area contributed by atoms with E-state index in [4.69, 9.17) is 25.9 Å². The fraction of sp³-hybridized carbons (Fsp3) is 0.190. The molecule has 0 saturated carbocycles. The Morgan fingerprint density at radius 2 is 1.12 bits per heavy atom. The molecule has 7 aromatic rings. The molecule has 0 N–H and O–H groups in total. The average molecular weight is 871 g/mol. The molecular formula is C42H32F6N2O6S3. The van der Waals surface area contributed by atoms with E-state index in [1.54, 1.807) is 0 Å². The lowest BCUT2D eigenvalue weighted by Gasteiger charge is -2.27. The Balaban J connectivity index is 0.000000281. The van der Waals surface area contributed by atoms with Gasteiger partial charge in [-0.2, -0.15) is 35.5 Å². The van der Waals surface area contributed by atoms with Crippen LogP contribution in [0.2, 0.25) is 0 Å². The molecule has 0 unspecified atom stereocenters. The first-order valence-electron chi connectivity index (χ1n) is 17.9. The maximum atomic E-state index is 10.7. The van der Waals surface area contributed by atoms with Crippen LogP contribution in [0, 0.1) is 13.8 Å². The highest BCUT2D eigenvalue weighted by atomic mass is 32.2. The summed E-state index contributed by atoms with van der Waals surface area (Å²) in [7, 11) is -12.2. The number of pyridine rings is 2. The molecule has 0 atom stereocenters. The van der Waals surface area contributed by atoms with Gasteiger partial charge in [0.1, 0.15) is 0 Å². The summed E-state index contributed by atoms with van der Waals surface area (Å²) in [5.41, 5.74) is 2.90. The van der Waals surface area contributed by atoms with Crippen molar-refractivity contribution in [2.75, 3.05) is 0 Å². The number of hydrogen-bond acceptors (Lipinski definition) is 7. The highest BCUT2D eigenvalue weighted by Crippen LogP contribution is 2.45. The summed E-state index contributed by atoms with van der Waals surface area (Å²) in [6.45, 7) is 6.73. The molecule has 17 heteroatoms. The molecule has 9 rings (SSSR count). The minimum absolute atomic E-state index is 0.994. The molecule has 4 aromatic carbocycles. The molecule has 2 aliphatic rings. The highest BCUT2D eigenvalue weighted by Gasteiger charge is 2.39. The van der Waals surface area contributed by atoms with Crippen molar-refractivity contribution in [2.45, 2.75) is 50.8 Å². The van der Waals surface area contributed by atoms with Gasteiger partial charge in [-0.15, -0.1) is 11.3 Å². The first-order valence-corrected chi connectivity index (χ1v) is 21.5. The van der Waals surface area contributed by atoms with E-state index in [0.29, 0.717) is 0 Å². The molecule has 0 amide bonds. The van der Waals surface area contributed by atoms with E-state index in [2.05, 4.69) is 132 Å². The topological polar surface area (TPSA) is 122 Å². The van der Waals surface area contributed by atoms with E-state index in [0.717, 1.165) is 25.9 Å². The molecule has 306 valence electrons. The van der Waals surface area contributed by atoms with Crippen molar-refractivity contribution in [3.05, 3.63) is 131 Å². The maximum absolute atomic E-state index is 10.7. The first kappa shape index (κ1) is 41.9. The third-order valence-corrected chi connectivity index (χ3v) is 12.8. The van der Waals surface area contributed by atoms with Crippen LogP contribution in [0.4, 0.5) is 26.3 Å². The number of benzene rings is 4. The summed E-state index contributed by atoms with van der Waals surface area (Å²) >= 11 is 1.89. The van der Waals surface area contributed by atoms with Gasteiger partial charge in [-0.3, -0.25) is 0 Å². The van der Waals surface area contributed by atoms with E-state index < -0.39 is 31.3 Å². The first-order chi connectivity index (χ1) is 27.7. The van der Waals surface area contributed by atoms with E-state index in [-0.39, 0.29) is 0 Å². The molecular weight excluding hydrogens is 839 g/mol. The lowest BCUT2D eigenvalue weighted by molar-refractivity contribution is -0.689. The molecule has 5 heterocycles. The zero-order valence-electron chi connectivity index (χ0n) is 31.1. The summed E-state index contributed by atoms with van der Waals surface area (Å²) in [4.78, 5) is 0. The van der Waals surface area contributed by atoms with Crippen LogP contribution in [0.1, 0.15) is 33.4 Å². The van der Waals surface area contributed by atoms with Crippen molar-refractivity contribution in [3.8, 4) is 22.5 Å². The minimum atomic E-state index is -6.09. The number of fused-ring (bicyclic) bond motifs is 12. The normalized spacial score (nSPS) is 13.9. The fourth-order valence-electron chi connectivity index (χ4n) is 7.73. The van der Waals surface area contributed by atoms with E-state index in [9.17, 15) is 26.3 Å². The SMILES string of the molecule is Cc1c(C)c2c(c3c1CC[n+]1ccccc1-3)-c1c3ccccc3c(/C=C/c3cccc4c3sc3ccccc34)c[n+]1CC2.O=S(=O)([O-])C(F)(F)F.O=S(=O)([O-])C(F)(F)F. The summed E-state index contributed by atoms with van der Waals surface area (Å²) in [5.74, 6) is 0. The molecule has 59 heavy (non-hydrogen) atoms. The van der Waals surface area contributed by atoms with Crippen LogP contribution < -0.4 is 9.13 Å². The van der Waals surface area contributed by atoms with Crippen LogP contribution in [0.15, 0.2) is 97.3 Å². The average Bonchev–Trinajstić information content (AvgIpc) is 3.57. The molecule has 0 radical (unpaired) electrons. The van der Waals surface area contributed by atoms with Crippen LogP contribution in [0.5, 0.6) is 0 Å². The summed E-state index contributed by atoms with van der Waals surface area (Å²) in [5, 5.41) is 5.34. The number of hydrogen-bond donors (Lipinski definition) is 0. The second kappa shape index (κ2) is 15.4. The maximum Gasteiger partial charge on any atom is 0.485 e. The molecule has 0 bridgehead atoms. The number of rotatable bonds is 2. The molecule has 0 fully saturated rings. The zero-order valence-corrected chi connectivity index (χ0v) is 33.5. The highest BCUT2D eigenvalue weighted by molar-refractivity contribution is 7.86. The Labute approximate surface area is 338 Å². The van der Waals surface area contributed by atoms with Crippen LogP contribution in [-0.2, 0) is 46.2 Å². The second-order valence-electron chi connectivity index (χ2n) is 13.9. The number of aromatic nitrogens is 2. The van der Waals surface area contributed by atoms with Crippen LogP contribution in [-0.4, -0.2) is 37.0 Å². The summed E-state index contributed by atoms with van der Waals surface area (Å²) in [6.07, 6.45) is 11.5. The van der Waals surface area contributed by atoms with Gasteiger partial charge in [-0.25, -0.2) is 16.8 Å². The van der Waals surface area contributed by atoms with Crippen molar-refractivity contribution >= 4 is 74.7 Å². The van der Waals surface area contributed by atoms with E-state index >= 15 is 0 Å². The van der Waals surface area contributed by atoms with Gasteiger partial charge in [-0.05, 0) is 65.9 Å². The second-order valence-corrected chi connectivity index (χ2v) is 17.7. The van der Waals surface area contributed by atoms with Crippen molar-refractivity contribution < 1.29 is 61.4 Å². The van der Waals surface area contributed by atoms with Gasteiger partial charge in [0.05, 0.1) is 16.5 Å². The Bertz CT molecular complexity index is 3030. The predicted octanol–water partition coefficient (Wildman–Crippen LogP) is 9.12. The number of thiophene rings is 1. The number of nitrogens with zero attached hydrogens (tertiary/aromatic N) is 2. The Hall–Kier alpha value is -5.20. The molecule has 3 aromatic heterocycles. The molecule has 0 spiro atoms. The van der Waals surface area contributed by atoms with Crippen molar-refractivity contribution in [1.82, 2.24) is 0 Å².